The first kappa shape index (κ1) is 71.9. The molecule has 2 aromatic rings. The lowest BCUT2D eigenvalue weighted by molar-refractivity contribution is -0.142. The monoisotopic (exact) mass is 1170 g/mol. The third kappa shape index (κ3) is 27.2. The molecule has 26 heteroatoms. The summed E-state index contributed by atoms with van der Waals surface area (Å²) < 4.78 is 0. The van der Waals surface area contributed by atoms with E-state index in [1.54, 1.807) is 52.1 Å². The van der Waals surface area contributed by atoms with Gasteiger partial charge in [0, 0.05) is 36.4 Å². The van der Waals surface area contributed by atoms with Gasteiger partial charge in [0.2, 0.25) is 53.2 Å². The Morgan fingerprint density at radius 3 is 1.24 bits per heavy atom. The number of fused-ring (bicyclic) bond motifs is 1. The average molecular weight is 1170 g/mol. The van der Waals surface area contributed by atoms with E-state index >= 15 is 0 Å². The van der Waals surface area contributed by atoms with Crippen molar-refractivity contribution in [3.63, 3.8) is 0 Å². The van der Waals surface area contributed by atoms with Gasteiger partial charge in [-0.15, -0.1) is 0 Å². The molecular formula is C57H95N13O13. The number of carboxylic acids is 2. The molecule has 0 fully saturated rings. The lowest BCUT2D eigenvalue weighted by Crippen LogP contribution is -2.60. The highest BCUT2D eigenvalue weighted by atomic mass is 16.4. The number of benzene rings is 1. The number of nitrogens with one attached hydrogen (secondary N) is 9. The standard InChI is InChI=1S/C57H95N13O13/c1-31(2)25-37(60)49(74)67-43(26-32(3)4)53(78)65-41(20-22-48(72)73)51(76)63-39(17-11-13-23-58)50(75)68-45(28-34(7)8)55(80)69-44(27-33(5)6)54(79)64-40(19-21-47(61)71)52(77)70-46(29-35-30-62-38-16-10-9-15-36(35)38)56(81)66-42(57(82)83)18-12-14-24-59/h9-10,15-16,30-34,37,39-46,62H,11-14,17-29,58-60H2,1-8H3,(H2,61,71)(H,63,76)(H,64,79)(H,65,78)(H,66,81)(H,67,74)(H,68,75)(H,69,80)(H,70,77)(H,72,73)(H,82,83)/t37-,39-,40-,41-,42-,43-,44-,45-,46-/m0/s1. The van der Waals surface area contributed by atoms with Crippen molar-refractivity contribution >= 4 is 76.0 Å². The number of H-pyrrole nitrogens is 1. The highest BCUT2D eigenvalue weighted by molar-refractivity contribution is 5.98. The Morgan fingerprint density at radius 2 is 0.819 bits per heavy atom. The molecular weight excluding hydrogens is 1070 g/mol. The van der Waals surface area contributed by atoms with Gasteiger partial charge in [-0.1, -0.05) is 73.6 Å². The number of amides is 9. The summed E-state index contributed by atoms with van der Waals surface area (Å²) >= 11 is 0. The van der Waals surface area contributed by atoms with Crippen LogP contribution in [0.4, 0.5) is 0 Å². The number of primary amides is 1. The van der Waals surface area contributed by atoms with Crippen molar-refractivity contribution in [2.24, 2.45) is 46.6 Å². The minimum Gasteiger partial charge on any atom is -0.481 e. The van der Waals surface area contributed by atoms with Crippen LogP contribution in [-0.2, 0) is 59.2 Å². The molecule has 0 aliphatic rings. The van der Waals surface area contributed by atoms with E-state index in [0.29, 0.717) is 44.2 Å². The molecule has 466 valence electrons. The van der Waals surface area contributed by atoms with E-state index in [-0.39, 0.29) is 75.2 Å². The van der Waals surface area contributed by atoms with Gasteiger partial charge >= 0.3 is 11.9 Å². The van der Waals surface area contributed by atoms with Gasteiger partial charge in [-0.05, 0) is 125 Å². The zero-order valence-corrected chi connectivity index (χ0v) is 49.6. The highest BCUT2D eigenvalue weighted by Gasteiger charge is 2.36. The first-order chi connectivity index (χ1) is 39.1. The Labute approximate surface area is 486 Å². The molecule has 0 radical (unpaired) electrons. The molecule has 26 nitrogen and oxygen atoms in total. The molecule has 0 aliphatic carbocycles. The number of rotatable bonds is 41. The number of hydrogen-bond donors (Lipinski definition) is 15. The number of carbonyl (C=O) groups excluding carboxylic acids is 9. The summed E-state index contributed by atoms with van der Waals surface area (Å²) in [6.07, 6.45) is 2.01. The Morgan fingerprint density at radius 1 is 0.458 bits per heavy atom. The number of aliphatic carboxylic acids is 2. The van der Waals surface area contributed by atoms with Crippen molar-refractivity contribution in [1.82, 2.24) is 47.5 Å². The van der Waals surface area contributed by atoms with E-state index in [0.717, 1.165) is 10.9 Å². The van der Waals surface area contributed by atoms with Crippen molar-refractivity contribution < 1.29 is 63.0 Å². The zero-order valence-electron chi connectivity index (χ0n) is 49.6. The van der Waals surface area contributed by atoms with Crippen LogP contribution in [0.25, 0.3) is 10.9 Å². The fourth-order valence-electron chi connectivity index (χ4n) is 9.24. The summed E-state index contributed by atoms with van der Waals surface area (Å²) in [6, 6.07) is -4.68. The SMILES string of the molecule is CC(C)C[C@H](NC(=O)[C@H](CC(C)C)NC(=O)[C@H](CCCCN)NC(=O)[C@H](CCC(=O)O)NC(=O)[C@H](CC(C)C)NC(=O)[C@@H](N)CC(C)C)C(=O)N[C@@H](CCC(N)=O)C(=O)N[C@@H](Cc1c[nH]c2ccccc12)C(=O)N[C@@H](CCCCN)C(=O)O. The van der Waals surface area contributed by atoms with Crippen LogP contribution < -0.4 is 65.5 Å². The Hall–Kier alpha value is -7.19. The topological polar surface area (TPSA) is 444 Å². The van der Waals surface area contributed by atoms with Crippen molar-refractivity contribution in [3.8, 4) is 0 Å². The van der Waals surface area contributed by atoms with Gasteiger partial charge in [0.25, 0.3) is 0 Å². The van der Waals surface area contributed by atoms with Gasteiger partial charge in [-0.2, -0.15) is 0 Å². The van der Waals surface area contributed by atoms with E-state index in [1.807, 2.05) is 33.8 Å². The summed E-state index contributed by atoms with van der Waals surface area (Å²) in [6.45, 7) is 15.1. The Bertz CT molecular complexity index is 2470. The van der Waals surface area contributed by atoms with E-state index in [2.05, 4.69) is 47.5 Å². The fourth-order valence-corrected chi connectivity index (χ4v) is 9.24. The van der Waals surface area contributed by atoms with Crippen LogP contribution in [0.2, 0.25) is 0 Å². The predicted molar refractivity (Wildman–Crippen MR) is 312 cm³/mol. The maximum Gasteiger partial charge on any atom is 0.326 e. The molecule has 19 N–H and O–H groups in total. The maximum atomic E-state index is 14.4. The van der Waals surface area contributed by atoms with Crippen LogP contribution in [0.5, 0.6) is 0 Å². The van der Waals surface area contributed by atoms with Crippen LogP contribution in [0.3, 0.4) is 0 Å². The summed E-state index contributed by atoms with van der Waals surface area (Å²) in [4.78, 5) is 152. The third-order valence-electron chi connectivity index (χ3n) is 13.5. The van der Waals surface area contributed by atoms with E-state index in [9.17, 15) is 63.0 Å². The zero-order chi connectivity index (χ0) is 62.5. The second-order valence-electron chi connectivity index (χ2n) is 23.0. The van der Waals surface area contributed by atoms with Gasteiger partial charge < -0.3 is 80.7 Å². The molecule has 83 heavy (non-hydrogen) atoms. The second-order valence-corrected chi connectivity index (χ2v) is 23.0. The lowest BCUT2D eigenvalue weighted by atomic mass is 9.98. The van der Waals surface area contributed by atoms with Gasteiger partial charge in [-0.25, -0.2) is 4.79 Å². The van der Waals surface area contributed by atoms with Gasteiger partial charge in [0.05, 0.1) is 6.04 Å². The Balaban J connectivity index is 2.50. The van der Waals surface area contributed by atoms with Crippen LogP contribution in [0.15, 0.2) is 30.5 Å². The molecule has 9 atom stereocenters. The summed E-state index contributed by atoms with van der Waals surface area (Å²) in [5.41, 5.74) is 24.3. The Kier molecular flexibility index (Phi) is 32.1. The van der Waals surface area contributed by atoms with E-state index < -0.39 is 139 Å². The molecule has 0 bridgehead atoms. The smallest absolute Gasteiger partial charge is 0.326 e. The minimum atomic E-state index is -1.53. The largest absolute Gasteiger partial charge is 0.481 e. The number of aromatic nitrogens is 1. The number of para-hydroxylation sites is 1. The molecule has 0 aliphatic heterocycles. The maximum absolute atomic E-state index is 14.4. The molecule has 1 aromatic carbocycles. The number of unbranched alkanes of at least 4 members (excludes halogenated alkanes) is 2. The molecule has 1 aromatic heterocycles. The van der Waals surface area contributed by atoms with Crippen molar-refractivity contribution in [3.05, 3.63) is 36.0 Å². The number of hydrogen-bond acceptors (Lipinski definition) is 14. The number of nitrogens with two attached hydrogens (primary N) is 4. The molecule has 0 spiro atoms. The number of carboxylic acid groups (broad SMARTS) is 2. The third-order valence-corrected chi connectivity index (χ3v) is 13.5. The normalized spacial score (nSPS) is 14.7. The molecule has 0 saturated heterocycles. The average Bonchev–Trinajstić information content (AvgIpc) is 4.01. The fraction of sp³-hybridized carbons (Fsp3) is 0.667. The number of aromatic amines is 1. The summed E-state index contributed by atoms with van der Waals surface area (Å²) in [5.74, 6) is -10.5. The summed E-state index contributed by atoms with van der Waals surface area (Å²) in [7, 11) is 0. The van der Waals surface area contributed by atoms with Crippen LogP contribution in [0.1, 0.15) is 151 Å². The highest BCUT2D eigenvalue weighted by Crippen LogP contribution is 2.20. The molecule has 1 heterocycles. The second kappa shape index (κ2) is 37.1. The lowest BCUT2D eigenvalue weighted by Gasteiger charge is -2.29. The van der Waals surface area contributed by atoms with Crippen LogP contribution in [-0.4, -0.2) is 148 Å². The van der Waals surface area contributed by atoms with Gasteiger partial charge in [-0.3, -0.25) is 47.9 Å². The van der Waals surface area contributed by atoms with Gasteiger partial charge in [0.1, 0.15) is 48.3 Å². The van der Waals surface area contributed by atoms with Crippen LogP contribution >= 0.6 is 0 Å². The molecule has 9 amide bonds. The van der Waals surface area contributed by atoms with Gasteiger partial charge in [0.15, 0.2) is 0 Å². The predicted octanol–water partition coefficient (Wildman–Crippen LogP) is 0.573. The quantitative estimate of drug-likeness (QED) is 0.0405. The van der Waals surface area contributed by atoms with E-state index in [1.165, 1.54) is 0 Å². The minimum absolute atomic E-state index is 0.00345. The molecule has 0 saturated carbocycles. The van der Waals surface area contributed by atoms with E-state index in [4.69, 9.17) is 22.9 Å². The van der Waals surface area contributed by atoms with Crippen molar-refractivity contribution in [1.29, 1.82) is 0 Å². The molecule has 0 unspecified atom stereocenters. The van der Waals surface area contributed by atoms with Crippen molar-refractivity contribution in [2.45, 2.75) is 206 Å². The van der Waals surface area contributed by atoms with Crippen molar-refractivity contribution in [2.75, 3.05) is 13.1 Å². The van der Waals surface area contributed by atoms with Crippen LogP contribution in [0, 0.1) is 23.7 Å². The first-order valence-corrected chi connectivity index (χ1v) is 28.9. The first-order valence-electron chi connectivity index (χ1n) is 28.9. The summed E-state index contributed by atoms with van der Waals surface area (Å²) in [5, 5.41) is 41.4. The number of carbonyl (C=O) groups is 11. The molecule has 2 rings (SSSR count).